The molecule has 0 spiro atoms. The number of hydrogen-bond donors (Lipinski definition) is 0. The molecule has 0 N–H and O–H groups in total. The van der Waals surface area contributed by atoms with Crippen LogP contribution in [0.5, 0.6) is 0 Å². The molecule has 1 aromatic carbocycles. The first-order chi connectivity index (χ1) is 8.13. The molecule has 0 aromatic heterocycles. The summed E-state index contributed by atoms with van der Waals surface area (Å²) in [7, 11) is 0. The van der Waals surface area contributed by atoms with Crippen LogP contribution in [0.4, 0.5) is 0 Å². The molecule has 0 fully saturated rings. The second-order valence-electron chi connectivity index (χ2n) is 3.06. The Morgan fingerprint density at radius 3 is 2.12 bits per heavy atom. The number of aldehydes is 1. The van der Waals surface area contributed by atoms with E-state index in [0.717, 1.165) is 22.6 Å². The summed E-state index contributed by atoms with van der Waals surface area (Å²) in [5.74, 6) is 0. The summed E-state index contributed by atoms with van der Waals surface area (Å²) < 4.78 is 22.5. The van der Waals surface area contributed by atoms with Crippen molar-refractivity contribution in [2.75, 3.05) is 13.2 Å². The molecule has 0 heterocycles. The maximum Gasteiger partial charge on any atom is 0.393 e. The Bertz CT molecular complexity index is 394. The van der Waals surface area contributed by atoms with Gasteiger partial charge in [0.2, 0.25) is 0 Å². The predicted molar refractivity (Wildman–Crippen MR) is 68.5 cm³/mol. The van der Waals surface area contributed by atoms with Crippen molar-refractivity contribution in [2.45, 2.75) is 18.7 Å². The van der Waals surface area contributed by atoms with E-state index in [-0.39, 0.29) is 0 Å². The molecule has 94 valence electrons. The minimum atomic E-state index is -3.14. The van der Waals surface area contributed by atoms with Crippen LogP contribution in [0.25, 0.3) is 0 Å². The van der Waals surface area contributed by atoms with E-state index in [9.17, 15) is 9.36 Å². The van der Waals surface area contributed by atoms with Crippen molar-refractivity contribution < 1.29 is 18.4 Å². The summed E-state index contributed by atoms with van der Waals surface area (Å²) in [4.78, 5) is 11.2. The normalized spacial score (nSPS) is 11.4. The van der Waals surface area contributed by atoms with Crippen LogP contribution >= 0.6 is 18.2 Å². The lowest BCUT2D eigenvalue weighted by Gasteiger charge is -2.15. The van der Waals surface area contributed by atoms with E-state index in [1.165, 1.54) is 0 Å². The fourth-order valence-electron chi connectivity index (χ4n) is 1.14. The van der Waals surface area contributed by atoms with Crippen molar-refractivity contribution in [3.63, 3.8) is 0 Å². The number of rotatable bonds is 7. The molecule has 4 nitrogen and oxygen atoms in total. The summed E-state index contributed by atoms with van der Waals surface area (Å²) in [5.41, 5.74) is 0.581. The van der Waals surface area contributed by atoms with Crippen molar-refractivity contribution in [3.05, 3.63) is 29.8 Å². The minimum absolute atomic E-state index is 0.330. The first kappa shape index (κ1) is 14.5. The van der Waals surface area contributed by atoms with Gasteiger partial charge in [0.1, 0.15) is 6.29 Å². The lowest BCUT2D eigenvalue weighted by Crippen LogP contribution is -1.92. The molecule has 17 heavy (non-hydrogen) atoms. The second-order valence-corrected chi connectivity index (χ2v) is 7.02. The second kappa shape index (κ2) is 6.97. The molecule has 0 unspecified atom stereocenters. The van der Waals surface area contributed by atoms with Crippen molar-refractivity contribution in [2.24, 2.45) is 0 Å². The zero-order valence-corrected chi connectivity index (χ0v) is 11.5. The van der Waals surface area contributed by atoms with Gasteiger partial charge in [-0.1, -0.05) is 12.1 Å². The molecule has 0 atom stereocenters. The van der Waals surface area contributed by atoms with Gasteiger partial charge in [-0.25, -0.2) is 4.57 Å². The molecule has 0 aliphatic rings. The zero-order valence-electron chi connectivity index (χ0n) is 9.79. The van der Waals surface area contributed by atoms with Gasteiger partial charge in [-0.05, 0) is 37.4 Å². The Morgan fingerprint density at radius 1 is 1.18 bits per heavy atom. The number of carbonyl (C=O) groups excluding carboxylic acids is 1. The summed E-state index contributed by atoms with van der Waals surface area (Å²) in [6.45, 7) is 1.05. The van der Waals surface area contributed by atoms with Crippen LogP contribution < -0.4 is 0 Å². The zero-order chi connectivity index (χ0) is 12.7. The van der Waals surface area contributed by atoms with Crippen LogP contribution in [-0.2, 0) is 13.6 Å². The van der Waals surface area contributed by atoms with Gasteiger partial charge in [0.25, 0.3) is 0 Å². The Kier molecular flexibility index (Phi) is 5.92. The Hall–Kier alpha value is -0.610. The highest BCUT2D eigenvalue weighted by molar-refractivity contribution is 8.55. The third-order valence-corrected chi connectivity index (χ3v) is 5.60. The van der Waals surface area contributed by atoms with Crippen molar-refractivity contribution in [1.29, 1.82) is 0 Å². The van der Waals surface area contributed by atoms with E-state index >= 15 is 0 Å². The molecule has 0 saturated carbocycles. The number of carbonyl (C=O) groups is 1. The largest absolute Gasteiger partial charge is 0.393 e. The van der Waals surface area contributed by atoms with E-state index in [1.807, 2.05) is 0 Å². The van der Waals surface area contributed by atoms with E-state index in [4.69, 9.17) is 9.05 Å². The lowest BCUT2D eigenvalue weighted by molar-refractivity contribution is 0.112. The molecule has 1 rings (SSSR count). The van der Waals surface area contributed by atoms with Crippen LogP contribution in [-0.4, -0.2) is 19.5 Å². The summed E-state index contributed by atoms with van der Waals surface area (Å²) in [6.07, 6.45) is 0.763. The third kappa shape index (κ3) is 4.64. The molecule has 0 aliphatic heterocycles. The van der Waals surface area contributed by atoms with Gasteiger partial charge >= 0.3 is 6.80 Å². The Morgan fingerprint density at radius 2 is 1.71 bits per heavy atom. The highest BCUT2D eigenvalue weighted by Gasteiger charge is 2.25. The van der Waals surface area contributed by atoms with Gasteiger partial charge < -0.3 is 9.05 Å². The van der Waals surface area contributed by atoms with Crippen LogP contribution in [0.1, 0.15) is 24.2 Å². The predicted octanol–water partition coefficient (Wildman–Crippen LogP) is 3.77. The van der Waals surface area contributed by atoms with Gasteiger partial charge in [-0.3, -0.25) is 4.79 Å². The first-order valence-corrected chi connectivity index (χ1v) is 8.24. The van der Waals surface area contributed by atoms with Crippen LogP contribution in [0.15, 0.2) is 29.2 Å². The molecule has 0 saturated heterocycles. The number of hydrogen-bond acceptors (Lipinski definition) is 5. The third-order valence-electron chi connectivity index (χ3n) is 1.81. The van der Waals surface area contributed by atoms with Crippen molar-refractivity contribution >= 4 is 24.5 Å². The van der Waals surface area contributed by atoms with E-state index < -0.39 is 6.80 Å². The average Bonchev–Trinajstić information content (AvgIpc) is 2.30. The topological polar surface area (TPSA) is 52.6 Å². The molecular weight excluding hydrogens is 259 g/mol. The summed E-state index contributed by atoms with van der Waals surface area (Å²) >= 11 is 1.05. The van der Waals surface area contributed by atoms with Crippen LogP contribution in [0, 0.1) is 0 Å². The molecule has 1 aromatic rings. The van der Waals surface area contributed by atoms with E-state index in [1.54, 1.807) is 38.1 Å². The standard InChI is InChI=1S/C11H15O4PS/c1-3-14-16(13,15-4-2)17-11-7-5-10(9-12)6-8-11/h5-9H,3-4H2,1-2H3. The van der Waals surface area contributed by atoms with Gasteiger partial charge in [-0.2, -0.15) is 0 Å². The molecule has 0 radical (unpaired) electrons. The lowest BCUT2D eigenvalue weighted by atomic mass is 10.2. The quantitative estimate of drug-likeness (QED) is 0.559. The smallest absolute Gasteiger partial charge is 0.301 e. The molecule has 0 bridgehead atoms. The SMILES string of the molecule is CCOP(=O)(OCC)Sc1ccc(C=O)cc1. The van der Waals surface area contributed by atoms with E-state index in [2.05, 4.69) is 0 Å². The Balaban J connectivity index is 2.78. The van der Waals surface area contributed by atoms with Gasteiger partial charge in [0, 0.05) is 10.5 Å². The first-order valence-electron chi connectivity index (χ1n) is 5.27. The van der Waals surface area contributed by atoms with Gasteiger partial charge in [0.05, 0.1) is 13.2 Å². The average molecular weight is 274 g/mol. The molecular formula is C11H15O4PS. The van der Waals surface area contributed by atoms with E-state index in [0.29, 0.717) is 18.8 Å². The highest BCUT2D eigenvalue weighted by atomic mass is 32.7. The molecule has 0 amide bonds. The molecule has 0 aliphatic carbocycles. The van der Waals surface area contributed by atoms with Crippen molar-refractivity contribution in [3.8, 4) is 0 Å². The fourth-order valence-corrected chi connectivity index (χ4v) is 4.56. The fraction of sp³-hybridized carbons (Fsp3) is 0.364. The van der Waals surface area contributed by atoms with Crippen LogP contribution in [0.3, 0.4) is 0 Å². The van der Waals surface area contributed by atoms with Gasteiger partial charge in [-0.15, -0.1) is 0 Å². The minimum Gasteiger partial charge on any atom is -0.301 e. The maximum atomic E-state index is 12.2. The Labute approximate surface area is 105 Å². The van der Waals surface area contributed by atoms with Crippen molar-refractivity contribution in [1.82, 2.24) is 0 Å². The monoisotopic (exact) mass is 274 g/mol. The summed E-state index contributed by atoms with van der Waals surface area (Å²) in [5, 5.41) is 0. The summed E-state index contributed by atoms with van der Waals surface area (Å²) in [6, 6.07) is 6.77. The maximum absolute atomic E-state index is 12.2. The highest BCUT2D eigenvalue weighted by Crippen LogP contribution is 2.63. The molecule has 6 heteroatoms. The van der Waals surface area contributed by atoms with Crippen LogP contribution in [0.2, 0.25) is 0 Å². The number of benzene rings is 1. The van der Waals surface area contributed by atoms with Gasteiger partial charge in [0.15, 0.2) is 0 Å².